The lowest BCUT2D eigenvalue weighted by Crippen LogP contribution is -2.21. The summed E-state index contributed by atoms with van der Waals surface area (Å²) < 4.78 is 9.02. The molecule has 0 aliphatic rings. The molecule has 0 spiro atoms. The average molecular weight is 160 g/mol. The Bertz CT molecular complexity index is 153. The molecule has 0 saturated heterocycles. The quantitative estimate of drug-likeness (QED) is 0.338. The summed E-state index contributed by atoms with van der Waals surface area (Å²) in [5.74, 6) is -1.43. The van der Waals surface area contributed by atoms with Crippen molar-refractivity contribution in [3.05, 3.63) is 0 Å². The molecule has 0 bridgehead atoms. The molecule has 0 heterocycles. The molecule has 0 aliphatic carbocycles. The molecule has 4 heteroatoms. The Labute approximate surface area is 65.5 Å². The van der Waals surface area contributed by atoms with Gasteiger partial charge in [0.25, 0.3) is 0 Å². The van der Waals surface area contributed by atoms with Gasteiger partial charge in [0, 0.05) is 7.11 Å². The Morgan fingerprint density at radius 3 is 2.36 bits per heavy atom. The number of rotatable bonds is 4. The minimum atomic E-state index is -0.690. The van der Waals surface area contributed by atoms with Crippen LogP contribution < -0.4 is 0 Å². The smallest absolute Gasteiger partial charge is 0.318 e. The fourth-order valence-corrected chi connectivity index (χ4v) is 0.408. The van der Waals surface area contributed by atoms with Gasteiger partial charge in [0.05, 0.1) is 0 Å². The number of hydrogen-bond acceptors (Lipinski definition) is 4. The number of carbonyl (C=O) groups is 2. The van der Waals surface area contributed by atoms with Crippen LogP contribution in [-0.4, -0.2) is 25.7 Å². The summed E-state index contributed by atoms with van der Waals surface area (Å²) in [5, 5.41) is 0. The number of ether oxygens (including phenoxy) is 2. The lowest BCUT2D eigenvalue weighted by Gasteiger charge is -2.06. The number of ketones is 1. The van der Waals surface area contributed by atoms with Crippen LogP contribution in [0.25, 0.3) is 0 Å². The van der Waals surface area contributed by atoms with Gasteiger partial charge in [-0.15, -0.1) is 0 Å². The van der Waals surface area contributed by atoms with Crippen LogP contribution in [0.4, 0.5) is 0 Å². The summed E-state index contributed by atoms with van der Waals surface area (Å²) in [6, 6.07) is 0. The number of esters is 1. The van der Waals surface area contributed by atoms with Crippen LogP contribution in [0.2, 0.25) is 0 Å². The predicted octanol–water partition coefficient (Wildman–Crippen LogP) is 0.359. The number of carbonyl (C=O) groups excluding carboxylic acids is 2. The molecule has 64 valence electrons. The van der Waals surface area contributed by atoms with Crippen molar-refractivity contribution in [2.75, 3.05) is 13.9 Å². The predicted molar refractivity (Wildman–Crippen MR) is 37.8 cm³/mol. The number of Topliss-reactive ketones (excluding diaryl/α,β-unsaturated/α-hetero) is 1. The second-order valence-electron chi connectivity index (χ2n) is 2.20. The zero-order valence-electron chi connectivity index (χ0n) is 6.92. The molecule has 0 radical (unpaired) electrons. The van der Waals surface area contributed by atoms with Crippen molar-refractivity contribution in [1.29, 1.82) is 0 Å². The molecule has 0 saturated carbocycles. The van der Waals surface area contributed by atoms with Crippen LogP contribution >= 0.6 is 0 Å². The molecular weight excluding hydrogens is 148 g/mol. The minimum absolute atomic E-state index is 0.101. The van der Waals surface area contributed by atoms with Crippen LogP contribution in [0.1, 0.15) is 13.8 Å². The molecular formula is C7H12O4. The van der Waals surface area contributed by atoms with Gasteiger partial charge in [-0.1, -0.05) is 0 Å². The number of methoxy groups -OCH3 is 1. The van der Waals surface area contributed by atoms with E-state index in [1.165, 1.54) is 21.0 Å². The van der Waals surface area contributed by atoms with Crippen molar-refractivity contribution in [3.8, 4) is 0 Å². The third kappa shape index (κ3) is 3.72. The van der Waals surface area contributed by atoms with Gasteiger partial charge in [0.15, 0.2) is 6.79 Å². The monoisotopic (exact) mass is 160 g/mol. The minimum Gasteiger partial charge on any atom is -0.438 e. The summed E-state index contributed by atoms with van der Waals surface area (Å²) in [6.07, 6.45) is 0. The molecule has 0 aromatic carbocycles. The summed E-state index contributed by atoms with van der Waals surface area (Å²) >= 11 is 0. The molecule has 11 heavy (non-hydrogen) atoms. The SMILES string of the molecule is COCOC(=O)C(C)C(C)=O. The first-order valence-electron chi connectivity index (χ1n) is 3.25. The fourth-order valence-electron chi connectivity index (χ4n) is 0.408. The molecule has 0 aliphatic heterocycles. The second-order valence-corrected chi connectivity index (χ2v) is 2.20. The van der Waals surface area contributed by atoms with Crippen molar-refractivity contribution in [1.82, 2.24) is 0 Å². The summed E-state index contributed by atoms with van der Waals surface area (Å²) in [7, 11) is 1.41. The summed E-state index contributed by atoms with van der Waals surface area (Å²) in [6.45, 7) is 2.75. The van der Waals surface area contributed by atoms with Crippen LogP contribution in [0.5, 0.6) is 0 Å². The normalized spacial score (nSPS) is 12.3. The van der Waals surface area contributed by atoms with Gasteiger partial charge in [0.1, 0.15) is 11.7 Å². The summed E-state index contributed by atoms with van der Waals surface area (Å²) in [5.41, 5.74) is 0. The van der Waals surface area contributed by atoms with Gasteiger partial charge >= 0.3 is 5.97 Å². The maximum absolute atomic E-state index is 10.8. The van der Waals surface area contributed by atoms with Gasteiger partial charge in [0.2, 0.25) is 0 Å². The lowest BCUT2D eigenvalue weighted by atomic mass is 10.1. The molecule has 0 rings (SSSR count). The molecule has 0 amide bonds. The average Bonchev–Trinajstić information content (AvgIpc) is 1.98. The van der Waals surface area contributed by atoms with E-state index in [1.54, 1.807) is 0 Å². The van der Waals surface area contributed by atoms with Gasteiger partial charge < -0.3 is 9.47 Å². The van der Waals surface area contributed by atoms with Crippen LogP contribution in [0.3, 0.4) is 0 Å². The molecule has 1 atom stereocenters. The van der Waals surface area contributed by atoms with Crippen LogP contribution in [0.15, 0.2) is 0 Å². The van der Waals surface area contributed by atoms with E-state index in [2.05, 4.69) is 9.47 Å². The number of hydrogen-bond donors (Lipinski definition) is 0. The molecule has 0 fully saturated rings. The van der Waals surface area contributed by atoms with Crippen molar-refractivity contribution < 1.29 is 19.1 Å². The topological polar surface area (TPSA) is 52.6 Å². The lowest BCUT2D eigenvalue weighted by molar-refractivity contribution is -0.160. The van der Waals surface area contributed by atoms with Gasteiger partial charge in [-0.05, 0) is 13.8 Å². The molecule has 0 aromatic heterocycles. The Hall–Kier alpha value is -0.900. The van der Waals surface area contributed by atoms with Gasteiger partial charge in [-0.2, -0.15) is 0 Å². The van der Waals surface area contributed by atoms with E-state index in [0.29, 0.717) is 0 Å². The highest BCUT2D eigenvalue weighted by Gasteiger charge is 2.18. The maximum atomic E-state index is 10.8. The zero-order chi connectivity index (χ0) is 8.85. The highest BCUT2D eigenvalue weighted by Crippen LogP contribution is 1.99. The molecule has 1 unspecified atom stereocenters. The molecule has 0 aromatic rings. The Morgan fingerprint density at radius 2 is 2.00 bits per heavy atom. The van der Waals surface area contributed by atoms with E-state index in [9.17, 15) is 9.59 Å². The maximum Gasteiger partial charge on any atom is 0.318 e. The van der Waals surface area contributed by atoms with E-state index in [-0.39, 0.29) is 12.6 Å². The van der Waals surface area contributed by atoms with E-state index in [1.807, 2.05) is 0 Å². The van der Waals surface area contributed by atoms with Crippen LogP contribution in [-0.2, 0) is 19.1 Å². The first kappa shape index (κ1) is 10.1. The van der Waals surface area contributed by atoms with Crippen LogP contribution in [0, 0.1) is 5.92 Å². The van der Waals surface area contributed by atoms with Crippen molar-refractivity contribution in [3.63, 3.8) is 0 Å². The highest BCUT2D eigenvalue weighted by molar-refractivity contribution is 5.97. The second kappa shape index (κ2) is 4.85. The van der Waals surface area contributed by atoms with Crippen molar-refractivity contribution in [2.24, 2.45) is 5.92 Å². The van der Waals surface area contributed by atoms with E-state index < -0.39 is 11.9 Å². The Balaban J connectivity index is 3.74. The first-order chi connectivity index (χ1) is 5.09. The van der Waals surface area contributed by atoms with Gasteiger partial charge in [-0.25, -0.2) is 0 Å². The third-order valence-corrected chi connectivity index (χ3v) is 1.28. The van der Waals surface area contributed by atoms with E-state index in [4.69, 9.17) is 0 Å². The molecule has 4 nitrogen and oxygen atoms in total. The Morgan fingerprint density at radius 1 is 1.45 bits per heavy atom. The molecule has 0 N–H and O–H groups in total. The van der Waals surface area contributed by atoms with E-state index in [0.717, 1.165) is 0 Å². The van der Waals surface area contributed by atoms with Crippen molar-refractivity contribution >= 4 is 11.8 Å². The third-order valence-electron chi connectivity index (χ3n) is 1.28. The largest absolute Gasteiger partial charge is 0.438 e. The summed E-state index contributed by atoms with van der Waals surface area (Å²) in [4.78, 5) is 21.4. The van der Waals surface area contributed by atoms with E-state index >= 15 is 0 Å². The fraction of sp³-hybridized carbons (Fsp3) is 0.714. The van der Waals surface area contributed by atoms with Gasteiger partial charge in [-0.3, -0.25) is 9.59 Å². The van der Waals surface area contributed by atoms with Crippen molar-refractivity contribution in [2.45, 2.75) is 13.8 Å². The highest BCUT2D eigenvalue weighted by atomic mass is 16.7. The standard InChI is InChI=1S/C7H12O4/c1-5(6(2)8)7(9)11-4-10-3/h5H,4H2,1-3H3. The zero-order valence-corrected chi connectivity index (χ0v) is 6.92. The Kier molecular flexibility index (Phi) is 4.45. The first-order valence-corrected chi connectivity index (χ1v) is 3.25.